The molecule has 0 amide bonds. The largest absolute Gasteiger partial charge is 0.465 e. The molecule has 0 N–H and O–H groups in total. The SMILES string of the molecule is COC(=O)c1sccc1S(=O)(=O)N1CCC[C@H]1c1ccc(C)cc1. The highest BCUT2D eigenvalue weighted by atomic mass is 32.2. The van der Waals surface area contributed by atoms with E-state index in [0.29, 0.717) is 6.54 Å². The molecule has 1 aliphatic rings. The van der Waals surface area contributed by atoms with Crippen molar-refractivity contribution in [2.45, 2.75) is 30.7 Å². The number of carbonyl (C=O) groups is 1. The van der Waals surface area contributed by atoms with Gasteiger partial charge in [-0.05, 0) is 36.8 Å². The van der Waals surface area contributed by atoms with Crippen LogP contribution in [0.5, 0.6) is 0 Å². The minimum atomic E-state index is -3.75. The molecule has 5 nitrogen and oxygen atoms in total. The van der Waals surface area contributed by atoms with Gasteiger partial charge in [-0.15, -0.1) is 11.3 Å². The number of sulfonamides is 1. The zero-order valence-corrected chi connectivity index (χ0v) is 15.2. The predicted molar refractivity (Wildman–Crippen MR) is 92.7 cm³/mol. The Balaban J connectivity index is 1.98. The van der Waals surface area contributed by atoms with E-state index in [4.69, 9.17) is 4.74 Å². The Labute approximate surface area is 145 Å². The highest BCUT2D eigenvalue weighted by Gasteiger charge is 2.38. The van der Waals surface area contributed by atoms with E-state index in [9.17, 15) is 13.2 Å². The molecule has 1 fully saturated rings. The van der Waals surface area contributed by atoms with Crippen molar-refractivity contribution in [1.29, 1.82) is 0 Å². The third-order valence-electron chi connectivity index (χ3n) is 4.25. The Kier molecular flexibility index (Phi) is 4.76. The zero-order chi connectivity index (χ0) is 17.3. The molecular formula is C17H19NO4S2. The van der Waals surface area contributed by atoms with Crippen molar-refractivity contribution >= 4 is 27.3 Å². The first-order chi connectivity index (χ1) is 11.4. The minimum absolute atomic E-state index is 0.0401. The fraction of sp³-hybridized carbons (Fsp3) is 0.353. The predicted octanol–water partition coefficient (Wildman–Crippen LogP) is 3.37. The molecular weight excluding hydrogens is 346 g/mol. The van der Waals surface area contributed by atoms with Crippen LogP contribution in [0.1, 0.15) is 39.7 Å². The Morgan fingerprint density at radius 2 is 1.96 bits per heavy atom. The van der Waals surface area contributed by atoms with Crippen molar-refractivity contribution in [2.75, 3.05) is 13.7 Å². The van der Waals surface area contributed by atoms with Crippen molar-refractivity contribution in [3.05, 3.63) is 51.7 Å². The highest BCUT2D eigenvalue weighted by Crippen LogP contribution is 2.38. The Hall–Kier alpha value is -1.70. The van der Waals surface area contributed by atoms with Gasteiger partial charge in [-0.1, -0.05) is 29.8 Å². The van der Waals surface area contributed by atoms with Gasteiger partial charge in [0, 0.05) is 6.54 Å². The van der Waals surface area contributed by atoms with Gasteiger partial charge in [0.15, 0.2) is 0 Å². The van der Waals surface area contributed by atoms with Crippen LogP contribution in [0.25, 0.3) is 0 Å². The number of esters is 1. The maximum atomic E-state index is 13.1. The summed E-state index contributed by atoms with van der Waals surface area (Å²) in [5, 5.41) is 1.61. The molecule has 0 unspecified atom stereocenters. The Bertz CT molecular complexity index is 840. The van der Waals surface area contributed by atoms with Gasteiger partial charge in [0.25, 0.3) is 0 Å². The molecule has 2 aromatic rings. The number of methoxy groups -OCH3 is 1. The van der Waals surface area contributed by atoms with Crippen molar-refractivity contribution in [3.63, 3.8) is 0 Å². The van der Waals surface area contributed by atoms with Gasteiger partial charge in [-0.2, -0.15) is 4.31 Å². The lowest BCUT2D eigenvalue weighted by molar-refractivity contribution is 0.0602. The standard InChI is InChI=1S/C17H19NO4S2/c1-12-5-7-13(8-6-12)14-4-3-10-18(14)24(20,21)15-9-11-23-16(15)17(19)22-2/h5-9,11,14H,3-4,10H2,1-2H3/t14-/m0/s1. The second-order valence-electron chi connectivity index (χ2n) is 5.79. The summed E-state index contributed by atoms with van der Waals surface area (Å²) in [4.78, 5) is 12.0. The lowest BCUT2D eigenvalue weighted by Gasteiger charge is -2.24. The van der Waals surface area contributed by atoms with Crippen LogP contribution in [-0.4, -0.2) is 32.3 Å². The molecule has 0 saturated carbocycles. The Morgan fingerprint density at radius 1 is 1.25 bits per heavy atom. The molecule has 3 rings (SSSR count). The summed E-state index contributed by atoms with van der Waals surface area (Å²) in [6.07, 6.45) is 1.58. The van der Waals surface area contributed by atoms with Crippen LogP contribution in [0.4, 0.5) is 0 Å². The fourth-order valence-corrected chi connectivity index (χ4v) is 6.01. The van der Waals surface area contributed by atoms with Crippen molar-refractivity contribution in [3.8, 4) is 0 Å². The van der Waals surface area contributed by atoms with E-state index in [1.807, 2.05) is 31.2 Å². The molecule has 24 heavy (non-hydrogen) atoms. The molecule has 2 heterocycles. The van der Waals surface area contributed by atoms with E-state index in [-0.39, 0.29) is 15.8 Å². The van der Waals surface area contributed by atoms with E-state index in [1.165, 1.54) is 17.5 Å². The summed E-state index contributed by atoms with van der Waals surface area (Å²) in [5.74, 6) is -0.616. The average molecular weight is 365 g/mol. The van der Waals surface area contributed by atoms with Crippen LogP contribution < -0.4 is 0 Å². The number of carbonyl (C=O) groups excluding carboxylic acids is 1. The zero-order valence-electron chi connectivity index (χ0n) is 13.6. The maximum Gasteiger partial charge on any atom is 0.349 e. The van der Waals surface area contributed by atoms with E-state index >= 15 is 0 Å². The molecule has 7 heteroatoms. The van der Waals surface area contributed by atoms with Crippen molar-refractivity contribution in [2.24, 2.45) is 0 Å². The summed E-state index contributed by atoms with van der Waals surface area (Å²) >= 11 is 1.09. The third-order valence-corrected chi connectivity index (χ3v) is 7.23. The molecule has 128 valence electrons. The topological polar surface area (TPSA) is 63.7 Å². The Morgan fingerprint density at radius 3 is 2.62 bits per heavy atom. The van der Waals surface area contributed by atoms with Gasteiger partial charge >= 0.3 is 5.97 Å². The molecule has 1 aromatic carbocycles. The normalized spacial score (nSPS) is 18.7. The maximum absolute atomic E-state index is 13.1. The first-order valence-electron chi connectivity index (χ1n) is 7.69. The van der Waals surface area contributed by atoms with Gasteiger partial charge in [0.1, 0.15) is 9.77 Å². The van der Waals surface area contributed by atoms with Crippen LogP contribution in [0.2, 0.25) is 0 Å². The van der Waals surface area contributed by atoms with Crippen LogP contribution in [0.3, 0.4) is 0 Å². The molecule has 1 aromatic heterocycles. The molecule has 1 saturated heterocycles. The molecule has 0 aliphatic carbocycles. The molecule has 0 spiro atoms. The summed E-state index contributed by atoms with van der Waals surface area (Å²) in [7, 11) is -2.49. The molecule has 1 aliphatic heterocycles. The van der Waals surface area contributed by atoms with Crippen LogP contribution in [0.15, 0.2) is 40.6 Å². The monoisotopic (exact) mass is 365 g/mol. The minimum Gasteiger partial charge on any atom is -0.465 e. The van der Waals surface area contributed by atoms with E-state index in [2.05, 4.69) is 0 Å². The lowest BCUT2D eigenvalue weighted by atomic mass is 10.0. The summed E-state index contributed by atoms with van der Waals surface area (Å²) in [6.45, 7) is 2.46. The average Bonchev–Trinajstić information content (AvgIpc) is 3.24. The fourth-order valence-electron chi connectivity index (χ4n) is 3.02. The molecule has 0 bridgehead atoms. The number of ether oxygens (including phenoxy) is 1. The number of benzene rings is 1. The number of aryl methyl sites for hydroxylation is 1. The highest BCUT2D eigenvalue weighted by molar-refractivity contribution is 7.89. The van der Waals surface area contributed by atoms with Crippen LogP contribution in [0, 0.1) is 6.92 Å². The van der Waals surface area contributed by atoms with E-state index in [1.54, 1.807) is 5.38 Å². The number of nitrogens with zero attached hydrogens (tertiary/aromatic N) is 1. The summed E-state index contributed by atoms with van der Waals surface area (Å²) in [6, 6.07) is 9.22. The van der Waals surface area contributed by atoms with Crippen LogP contribution in [-0.2, 0) is 14.8 Å². The second-order valence-corrected chi connectivity index (χ2v) is 8.57. The summed E-state index contributed by atoms with van der Waals surface area (Å²) in [5.41, 5.74) is 2.12. The van der Waals surface area contributed by atoms with Gasteiger partial charge in [-0.25, -0.2) is 13.2 Å². The molecule has 0 radical (unpaired) electrons. The smallest absolute Gasteiger partial charge is 0.349 e. The van der Waals surface area contributed by atoms with Crippen LogP contribution >= 0.6 is 11.3 Å². The van der Waals surface area contributed by atoms with E-state index < -0.39 is 16.0 Å². The summed E-state index contributed by atoms with van der Waals surface area (Å²) < 4.78 is 32.4. The van der Waals surface area contributed by atoms with E-state index in [0.717, 1.165) is 35.3 Å². The van der Waals surface area contributed by atoms with Crippen molar-refractivity contribution in [1.82, 2.24) is 4.31 Å². The number of thiophene rings is 1. The third kappa shape index (κ3) is 2.99. The lowest BCUT2D eigenvalue weighted by Crippen LogP contribution is -2.31. The van der Waals surface area contributed by atoms with Gasteiger partial charge in [0.2, 0.25) is 10.0 Å². The first kappa shape index (κ1) is 17.1. The molecule has 1 atom stereocenters. The number of hydrogen-bond donors (Lipinski definition) is 0. The number of hydrogen-bond acceptors (Lipinski definition) is 5. The van der Waals surface area contributed by atoms with Gasteiger partial charge in [-0.3, -0.25) is 0 Å². The number of rotatable bonds is 4. The first-order valence-corrected chi connectivity index (χ1v) is 10.0. The van der Waals surface area contributed by atoms with Crippen molar-refractivity contribution < 1.29 is 17.9 Å². The quantitative estimate of drug-likeness (QED) is 0.779. The second kappa shape index (κ2) is 6.66. The van der Waals surface area contributed by atoms with Gasteiger partial charge < -0.3 is 4.74 Å². The van der Waals surface area contributed by atoms with Gasteiger partial charge in [0.05, 0.1) is 13.2 Å².